The zero-order chi connectivity index (χ0) is 14.5. The number of piperidine rings is 1. The van der Waals surface area contributed by atoms with E-state index in [0.29, 0.717) is 25.3 Å². The molecule has 1 saturated heterocycles. The molecule has 2 heterocycles. The Balaban J connectivity index is 1.94. The smallest absolute Gasteiger partial charge is 0.256 e. The highest BCUT2D eigenvalue weighted by molar-refractivity contribution is 6.34. The van der Waals surface area contributed by atoms with Crippen molar-refractivity contribution in [3.63, 3.8) is 0 Å². The lowest BCUT2D eigenvalue weighted by Gasteiger charge is -2.32. The summed E-state index contributed by atoms with van der Waals surface area (Å²) >= 11 is 11.7. The van der Waals surface area contributed by atoms with E-state index in [0.717, 1.165) is 12.8 Å². The summed E-state index contributed by atoms with van der Waals surface area (Å²) in [5.41, 5.74) is 0.366. The lowest BCUT2D eigenvalue weighted by Crippen LogP contribution is -2.41. The molecule has 2 rings (SSSR count). The number of aliphatic hydroxyl groups is 1. The number of amides is 1. The van der Waals surface area contributed by atoms with Crippen LogP contribution in [0.25, 0.3) is 0 Å². The van der Waals surface area contributed by atoms with Crippen LogP contribution in [-0.2, 0) is 4.74 Å². The summed E-state index contributed by atoms with van der Waals surface area (Å²) in [5.74, 6) is -0.139. The predicted octanol–water partition coefficient (Wildman–Crippen LogP) is 2.00. The summed E-state index contributed by atoms with van der Waals surface area (Å²) in [6.45, 7) is 1.57. The Kier molecular flexibility index (Phi) is 5.60. The van der Waals surface area contributed by atoms with Crippen molar-refractivity contribution >= 4 is 29.1 Å². The van der Waals surface area contributed by atoms with E-state index in [9.17, 15) is 4.79 Å². The Morgan fingerprint density at radius 2 is 2.10 bits per heavy atom. The Hall–Kier alpha value is -0.880. The van der Waals surface area contributed by atoms with E-state index >= 15 is 0 Å². The molecule has 110 valence electrons. The van der Waals surface area contributed by atoms with Crippen LogP contribution in [0.1, 0.15) is 23.2 Å². The molecule has 1 N–H and O–H groups in total. The number of hydrogen-bond acceptors (Lipinski definition) is 4. The Bertz CT molecular complexity index is 477. The van der Waals surface area contributed by atoms with Gasteiger partial charge in [0.1, 0.15) is 10.3 Å². The van der Waals surface area contributed by atoms with Gasteiger partial charge in [-0.3, -0.25) is 4.79 Å². The second-order valence-corrected chi connectivity index (χ2v) is 5.30. The molecule has 1 fully saturated rings. The van der Waals surface area contributed by atoms with Crippen molar-refractivity contribution in [2.75, 3.05) is 26.3 Å². The van der Waals surface area contributed by atoms with Gasteiger partial charge in [0.2, 0.25) is 0 Å². The predicted molar refractivity (Wildman–Crippen MR) is 76.2 cm³/mol. The van der Waals surface area contributed by atoms with E-state index in [1.165, 1.54) is 0 Å². The average molecular weight is 319 g/mol. The second-order valence-electron chi connectivity index (χ2n) is 4.56. The largest absolute Gasteiger partial charge is 0.394 e. The molecule has 0 spiro atoms. The number of nitrogens with zero attached hydrogens (tertiary/aromatic N) is 2. The van der Waals surface area contributed by atoms with E-state index in [1.54, 1.807) is 17.0 Å². The molecule has 5 nitrogen and oxygen atoms in total. The van der Waals surface area contributed by atoms with Crippen molar-refractivity contribution in [3.8, 4) is 0 Å². The second kappa shape index (κ2) is 7.22. The van der Waals surface area contributed by atoms with Crippen LogP contribution in [0.2, 0.25) is 10.3 Å². The molecular weight excluding hydrogens is 303 g/mol. The number of hydrogen-bond donors (Lipinski definition) is 1. The molecule has 7 heteroatoms. The van der Waals surface area contributed by atoms with E-state index < -0.39 is 0 Å². The lowest BCUT2D eigenvalue weighted by atomic mass is 10.1. The molecule has 0 unspecified atom stereocenters. The van der Waals surface area contributed by atoms with Crippen LogP contribution in [-0.4, -0.2) is 53.3 Å². The van der Waals surface area contributed by atoms with E-state index in [2.05, 4.69) is 4.98 Å². The number of aliphatic hydroxyl groups excluding tert-OH is 1. The van der Waals surface area contributed by atoms with Gasteiger partial charge in [-0.1, -0.05) is 23.2 Å². The van der Waals surface area contributed by atoms with Crippen molar-refractivity contribution in [1.29, 1.82) is 0 Å². The first kappa shape index (κ1) is 15.5. The fourth-order valence-electron chi connectivity index (χ4n) is 2.19. The van der Waals surface area contributed by atoms with E-state index in [1.807, 2.05) is 0 Å². The fourth-order valence-corrected chi connectivity index (χ4v) is 2.61. The number of ether oxygens (including phenoxy) is 1. The number of halogens is 2. The summed E-state index contributed by atoms with van der Waals surface area (Å²) in [7, 11) is 0. The van der Waals surface area contributed by atoms with Gasteiger partial charge in [-0.2, -0.15) is 0 Å². The summed E-state index contributed by atoms with van der Waals surface area (Å²) in [4.78, 5) is 17.9. The van der Waals surface area contributed by atoms with Crippen molar-refractivity contribution in [2.24, 2.45) is 0 Å². The zero-order valence-corrected chi connectivity index (χ0v) is 12.4. The highest BCUT2D eigenvalue weighted by atomic mass is 35.5. The van der Waals surface area contributed by atoms with Crippen molar-refractivity contribution in [2.45, 2.75) is 18.9 Å². The molecule has 0 saturated carbocycles. The maximum atomic E-state index is 12.3. The third kappa shape index (κ3) is 3.82. The van der Waals surface area contributed by atoms with Crippen molar-refractivity contribution < 1.29 is 14.6 Å². The SMILES string of the molecule is O=C(c1ccc(Cl)nc1Cl)N1CCC(OCCO)CC1. The Morgan fingerprint density at radius 3 is 2.70 bits per heavy atom. The van der Waals surface area contributed by atoms with E-state index in [-0.39, 0.29) is 28.9 Å². The van der Waals surface area contributed by atoms with Crippen LogP contribution < -0.4 is 0 Å². The minimum atomic E-state index is -0.139. The number of carbonyl (C=O) groups is 1. The molecule has 1 aromatic heterocycles. The van der Waals surface area contributed by atoms with Crippen LogP contribution >= 0.6 is 23.2 Å². The molecule has 20 heavy (non-hydrogen) atoms. The molecular formula is C13H16Cl2N2O3. The third-order valence-electron chi connectivity index (χ3n) is 3.22. The van der Waals surface area contributed by atoms with Crippen LogP contribution in [0.4, 0.5) is 0 Å². The molecule has 1 aromatic rings. The molecule has 0 bridgehead atoms. The van der Waals surface area contributed by atoms with Gasteiger partial charge in [-0.15, -0.1) is 0 Å². The van der Waals surface area contributed by atoms with Crippen molar-refractivity contribution in [3.05, 3.63) is 28.0 Å². The number of pyridine rings is 1. The van der Waals surface area contributed by atoms with E-state index in [4.69, 9.17) is 33.0 Å². The molecule has 1 aliphatic heterocycles. The van der Waals surface area contributed by atoms with Crippen molar-refractivity contribution in [1.82, 2.24) is 9.88 Å². The zero-order valence-electron chi connectivity index (χ0n) is 10.9. The highest BCUT2D eigenvalue weighted by Gasteiger charge is 2.25. The van der Waals surface area contributed by atoms with Gasteiger partial charge in [-0.25, -0.2) is 4.98 Å². The maximum Gasteiger partial charge on any atom is 0.256 e. The Labute approximate surface area is 127 Å². The van der Waals surface area contributed by atoms with Gasteiger partial charge in [0, 0.05) is 13.1 Å². The molecule has 1 amide bonds. The van der Waals surface area contributed by atoms with Gasteiger partial charge in [-0.05, 0) is 25.0 Å². The quantitative estimate of drug-likeness (QED) is 0.862. The Morgan fingerprint density at radius 1 is 1.40 bits per heavy atom. The van der Waals surface area contributed by atoms with Crippen LogP contribution in [0.5, 0.6) is 0 Å². The van der Waals surface area contributed by atoms with Crippen LogP contribution in [0.15, 0.2) is 12.1 Å². The standard InChI is InChI=1S/C13H16Cl2N2O3/c14-11-2-1-10(12(15)16-11)13(19)17-5-3-9(4-6-17)20-8-7-18/h1-2,9,18H,3-8H2. The summed E-state index contributed by atoms with van der Waals surface area (Å²) in [5, 5.41) is 9.11. The molecule has 1 aliphatic rings. The fraction of sp³-hybridized carbons (Fsp3) is 0.538. The number of rotatable bonds is 4. The monoisotopic (exact) mass is 318 g/mol. The van der Waals surface area contributed by atoms with Gasteiger partial charge in [0.25, 0.3) is 5.91 Å². The van der Waals surface area contributed by atoms with Crippen LogP contribution in [0, 0.1) is 0 Å². The molecule has 0 atom stereocenters. The topological polar surface area (TPSA) is 62.7 Å². The summed E-state index contributed by atoms with van der Waals surface area (Å²) < 4.78 is 5.46. The first-order valence-corrected chi connectivity index (χ1v) is 7.21. The highest BCUT2D eigenvalue weighted by Crippen LogP contribution is 2.21. The van der Waals surface area contributed by atoms with Crippen LogP contribution in [0.3, 0.4) is 0 Å². The normalized spacial score (nSPS) is 16.4. The first-order valence-electron chi connectivity index (χ1n) is 6.45. The molecule has 0 aromatic carbocycles. The number of likely N-dealkylation sites (tertiary alicyclic amines) is 1. The average Bonchev–Trinajstić information content (AvgIpc) is 2.45. The maximum absolute atomic E-state index is 12.3. The van der Waals surface area contributed by atoms with Gasteiger partial charge >= 0.3 is 0 Å². The van der Waals surface area contributed by atoms with Gasteiger partial charge in [0.15, 0.2) is 0 Å². The lowest BCUT2D eigenvalue weighted by molar-refractivity contribution is -0.00554. The molecule has 0 radical (unpaired) electrons. The number of aromatic nitrogens is 1. The summed E-state index contributed by atoms with van der Waals surface area (Å²) in [6, 6.07) is 3.14. The van der Waals surface area contributed by atoms with Gasteiger partial charge in [0.05, 0.1) is 24.9 Å². The minimum absolute atomic E-state index is 0.0190. The van der Waals surface area contributed by atoms with Gasteiger partial charge < -0.3 is 14.7 Å². The first-order chi connectivity index (χ1) is 9.61. The number of carbonyl (C=O) groups excluding carboxylic acids is 1. The summed E-state index contributed by atoms with van der Waals surface area (Å²) in [6.07, 6.45) is 1.61. The third-order valence-corrected chi connectivity index (χ3v) is 3.72. The molecule has 0 aliphatic carbocycles. The minimum Gasteiger partial charge on any atom is -0.394 e.